The second-order valence-electron chi connectivity index (χ2n) is 4.60. The monoisotopic (exact) mass is 313 g/mol. The second-order valence-corrected chi connectivity index (χ2v) is 6.66. The van der Waals surface area contributed by atoms with E-state index in [1.807, 2.05) is 0 Å². The van der Waals surface area contributed by atoms with Crippen LogP contribution in [0.1, 0.15) is 37.8 Å². The molecule has 1 heterocycles. The lowest BCUT2D eigenvalue weighted by Gasteiger charge is -2.28. The first-order valence-electron chi connectivity index (χ1n) is 6.39. The Labute approximate surface area is 117 Å². The van der Waals surface area contributed by atoms with Crippen LogP contribution in [0.5, 0.6) is 0 Å². The van der Waals surface area contributed by atoms with Gasteiger partial charge in [-0.2, -0.15) is 11.8 Å². The average Bonchev–Trinajstić information content (AvgIpc) is 2.37. The Morgan fingerprint density at radius 2 is 2.41 bits per heavy atom. The molecule has 0 amide bonds. The van der Waals surface area contributed by atoms with Crippen LogP contribution in [0.25, 0.3) is 0 Å². The zero-order valence-corrected chi connectivity index (χ0v) is 12.7. The fraction of sp³-hybridized carbons (Fsp3) is 0.571. The van der Waals surface area contributed by atoms with Crippen molar-refractivity contribution in [1.82, 2.24) is 5.32 Å². The lowest BCUT2D eigenvalue weighted by molar-refractivity contribution is 0.424. The second kappa shape index (κ2) is 6.81. The molecule has 1 fully saturated rings. The summed E-state index contributed by atoms with van der Waals surface area (Å²) in [5.74, 6) is 2.61. The molecule has 1 N–H and O–H groups in total. The van der Waals surface area contributed by atoms with Crippen molar-refractivity contribution in [2.24, 2.45) is 0 Å². The van der Waals surface area contributed by atoms with Crippen molar-refractivity contribution in [3.8, 4) is 0 Å². The van der Waals surface area contributed by atoms with Crippen LogP contribution in [-0.4, -0.2) is 17.5 Å². The summed E-state index contributed by atoms with van der Waals surface area (Å²) in [6.07, 6.45) is 3.84. The third-order valence-electron chi connectivity index (χ3n) is 3.26. The van der Waals surface area contributed by atoms with Gasteiger partial charge in [0.1, 0.15) is 0 Å². The number of rotatable bonds is 4. The maximum atomic E-state index is 3.81. The highest BCUT2D eigenvalue weighted by Gasteiger charge is 2.18. The highest BCUT2D eigenvalue weighted by Crippen LogP contribution is 2.24. The third kappa shape index (κ3) is 4.01. The summed E-state index contributed by atoms with van der Waals surface area (Å²) in [6.45, 7) is 2.26. The largest absolute Gasteiger partial charge is 0.306 e. The van der Waals surface area contributed by atoms with Crippen molar-refractivity contribution in [1.29, 1.82) is 0 Å². The summed E-state index contributed by atoms with van der Waals surface area (Å²) in [6, 6.07) is 9.86. The van der Waals surface area contributed by atoms with Gasteiger partial charge >= 0.3 is 0 Å². The number of thioether (sulfide) groups is 1. The number of benzene rings is 1. The SMILES string of the molecule is CCC(NC1CCCSC1)c1cccc(Br)c1. The van der Waals surface area contributed by atoms with E-state index in [2.05, 4.69) is 64.2 Å². The standard InChI is InChI=1S/C14H20BrNS/c1-2-14(11-5-3-6-12(15)9-11)16-13-7-4-8-17-10-13/h3,5-6,9,13-14,16H,2,4,7-8,10H2,1H3. The van der Waals surface area contributed by atoms with Gasteiger partial charge < -0.3 is 5.32 Å². The van der Waals surface area contributed by atoms with E-state index >= 15 is 0 Å². The first-order chi connectivity index (χ1) is 8.29. The van der Waals surface area contributed by atoms with E-state index in [-0.39, 0.29) is 0 Å². The summed E-state index contributed by atoms with van der Waals surface area (Å²) >= 11 is 5.64. The molecule has 0 radical (unpaired) electrons. The summed E-state index contributed by atoms with van der Waals surface area (Å²) in [4.78, 5) is 0. The zero-order chi connectivity index (χ0) is 12.1. The average molecular weight is 314 g/mol. The van der Waals surface area contributed by atoms with Crippen molar-refractivity contribution in [2.45, 2.75) is 38.3 Å². The summed E-state index contributed by atoms with van der Waals surface area (Å²) in [5.41, 5.74) is 1.40. The van der Waals surface area contributed by atoms with E-state index in [4.69, 9.17) is 0 Å². The number of hydrogen-bond acceptors (Lipinski definition) is 2. The van der Waals surface area contributed by atoms with Gasteiger partial charge in [-0.3, -0.25) is 0 Å². The van der Waals surface area contributed by atoms with Crippen LogP contribution >= 0.6 is 27.7 Å². The Balaban J connectivity index is 2.00. The Morgan fingerprint density at radius 1 is 1.53 bits per heavy atom. The molecule has 2 unspecified atom stereocenters. The Bertz CT molecular complexity index is 350. The maximum absolute atomic E-state index is 3.81. The van der Waals surface area contributed by atoms with Crippen molar-refractivity contribution in [2.75, 3.05) is 11.5 Å². The molecule has 0 bridgehead atoms. The van der Waals surface area contributed by atoms with Crippen molar-refractivity contribution >= 4 is 27.7 Å². The molecule has 1 aliphatic rings. The van der Waals surface area contributed by atoms with E-state index in [0.717, 1.165) is 6.42 Å². The summed E-state index contributed by atoms with van der Waals surface area (Å²) < 4.78 is 1.17. The fourth-order valence-corrected chi connectivity index (χ4v) is 3.83. The van der Waals surface area contributed by atoms with E-state index in [9.17, 15) is 0 Å². The summed E-state index contributed by atoms with van der Waals surface area (Å²) in [5, 5.41) is 3.81. The fourth-order valence-electron chi connectivity index (χ4n) is 2.33. The van der Waals surface area contributed by atoms with Gasteiger partial charge in [0.05, 0.1) is 0 Å². The zero-order valence-electron chi connectivity index (χ0n) is 10.3. The van der Waals surface area contributed by atoms with Gasteiger partial charge in [-0.1, -0.05) is 35.0 Å². The topological polar surface area (TPSA) is 12.0 Å². The molecule has 1 aromatic rings. The molecule has 17 heavy (non-hydrogen) atoms. The summed E-state index contributed by atoms with van der Waals surface area (Å²) in [7, 11) is 0. The Morgan fingerprint density at radius 3 is 3.06 bits per heavy atom. The molecular formula is C14H20BrNS. The molecule has 1 saturated heterocycles. The lowest BCUT2D eigenvalue weighted by Crippen LogP contribution is -2.36. The molecule has 0 spiro atoms. The van der Waals surface area contributed by atoms with E-state index < -0.39 is 0 Å². The van der Waals surface area contributed by atoms with Crippen molar-refractivity contribution < 1.29 is 0 Å². The molecule has 1 aliphatic heterocycles. The van der Waals surface area contributed by atoms with Crippen LogP contribution in [0.15, 0.2) is 28.7 Å². The van der Waals surface area contributed by atoms with E-state index in [1.54, 1.807) is 0 Å². The van der Waals surface area contributed by atoms with Crippen LogP contribution in [0.4, 0.5) is 0 Å². The first kappa shape index (κ1) is 13.4. The molecule has 3 heteroatoms. The molecule has 0 saturated carbocycles. The molecule has 2 atom stereocenters. The van der Waals surface area contributed by atoms with Gasteiger partial charge in [0.2, 0.25) is 0 Å². The molecule has 0 aromatic heterocycles. The minimum Gasteiger partial charge on any atom is -0.306 e. The van der Waals surface area contributed by atoms with Crippen LogP contribution in [0, 0.1) is 0 Å². The Hall–Kier alpha value is 0.01000. The molecule has 94 valence electrons. The predicted octanol–water partition coefficient (Wildman–Crippen LogP) is 4.39. The van der Waals surface area contributed by atoms with Crippen LogP contribution < -0.4 is 5.32 Å². The van der Waals surface area contributed by atoms with Gasteiger partial charge in [-0.15, -0.1) is 0 Å². The molecule has 2 rings (SSSR count). The van der Waals surface area contributed by atoms with Crippen LogP contribution in [0.2, 0.25) is 0 Å². The van der Waals surface area contributed by atoms with E-state index in [1.165, 1.54) is 34.4 Å². The number of halogens is 1. The van der Waals surface area contributed by atoms with E-state index in [0.29, 0.717) is 12.1 Å². The van der Waals surface area contributed by atoms with Crippen molar-refractivity contribution in [3.05, 3.63) is 34.3 Å². The smallest absolute Gasteiger partial charge is 0.0320 e. The minimum absolute atomic E-state index is 0.496. The quantitative estimate of drug-likeness (QED) is 0.885. The Kier molecular flexibility index (Phi) is 5.39. The van der Waals surface area contributed by atoms with Crippen LogP contribution in [-0.2, 0) is 0 Å². The van der Waals surface area contributed by atoms with Gasteiger partial charge in [0.15, 0.2) is 0 Å². The molecule has 1 nitrogen and oxygen atoms in total. The lowest BCUT2D eigenvalue weighted by atomic mass is 10.0. The molecule has 1 aromatic carbocycles. The molecular weight excluding hydrogens is 294 g/mol. The van der Waals surface area contributed by atoms with Crippen molar-refractivity contribution in [3.63, 3.8) is 0 Å². The van der Waals surface area contributed by atoms with Gasteiger partial charge in [0, 0.05) is 22.3 Å². The predicted molar refractivity (Wildman–Crippen MR) is 80.7 cm³/mol. The first-order valence-corrected chi connectivity index (χ1v) is 8.33. The van der Waals surface area contributed by atoms with Gasteiger partial charge in [-0.25, -0.2) is 0 Å². The normalized spacial score (nSPS) is 22.4. The maximum Gasteiger partial charge on any atom is 0.0320 e. The minimum atomic E-state index is 0.496. The van der Waals surface area contributed by atoms with Crippen LogP contribution in [0.3, 0.4) is 0 Å². The highest BCUT2D eigenvalue weighted by atomic mass is 79.9. The van der Waals surface area contributed by atoms with Gasteiger partial charge in [0.25, 0.3) is 0 Å². The highest BCUT2D eigenvalue weighted by molar-refractivity contribution is 9.10. The number of nitrogens with one attached hydrogen (secondary N) is 1. The third-order valence-corrected chi connectivity index (χ3v) is 4.97. The number of hydrogen-bond donors (Lipinski definition) is 1. The van der Waals surface area contributed by atoms with Gasteiger partial charge in [-0.05, 0) is 42.7 Å². The molecule has 0 aliphatic carbocycles.